The third-order valence-electron chi connectivity index (χ3n) is 4.96. The molecule has 27 heavy (non-hydrogen) atoms. The smallest absolute Gasteiger partial charge is 0.251 e. The molecule has 1 atom stereocenters. The molecule has 4 rings (SSSR count). The average Bonchev–Trinajstić information content (AvgIpc) is 3.42. The zero-order valence-electron chi connectivity index (χ0n) is 15.2. The van der Waals surface area contributed by atoms with Crippen LogP contribution in [0, 0.1) is 0 Å². The number of likely N-dealkylation sites (tertiary alicyclic amines) is 1. The molecule has 6 nitrogen and oxygen atoms in total. The largest absolute Gasteiger partial charge is 0.344 e. The van der Waals surface area contributed by atoms with Crippen LogP contribution in [0.5, 0.6) is 0 Å². The molecule has 1 aliphatic rings. The quantitative estimate of drug-likeness (QED) is 0.733. The fraction of sp³-hybridized carbons (Fsp3) is 0.286. The van der Waals surface area contributed by atoms with E-state index < -0.39 is 0 Å². The molecule has 1 saturated heterocycles. The fourth-order valence-electron chi connectivity index (χ4n) is 3.49. The van der Waals surface area contributed by atoms with Crippen LogP contribution in [-0.4, -0.2) is 45.2 Å². The summed E-state index contributed by atoms with van der Waals surface area (Å²) >= 11 is 0. The molecule has 1 aliphatic heterocycles. The highest BCUT2D eigenvalue weighted by Crippen LogP contribution is 2.18. The number of nitrogens with zero attached hydrogens (tertiary/aromatic N) is 4. The Morgan fingerprint density at radius 2 is 1.78 bits per heavy atom. The molecular weight excluding hydrogens is 338 g/mol. The summed E-state index contributed by atoms with van der Waals surface area (Å²) in [5, 5.41) is 7.32. The van der Waals surface area contributed by atoms with E-state index in [-0.39, 0.29) is 11.9 Å². The number of carbonyl (C=O) groups is 1. The van der Waals surface area contributed by atoms with Gasteiger partial charge in [-0.15, -0.1) is 0 Å². The summed E-state index contributed by atoms with van der Waals surface area (Å²) in [7, 11) is 0. The lowest BCUT2D eigenvalue weighted by Gasteiger charge is -2.25. The van der Waals surface area contributed by atoms with Gasteiger partial charge in [0.05, 0.1) is 11.7 Å². The summed E-state index contributed by atoms with van der Waals surface area (Å²) in [6.45, 7) is 3.05. The van der Waals surface area contributed by atoms with Crippen LogP contribution in [0.1, 0.15) is 34.8 Å². The Bertz CT molecular complexity index is 855. The van der Waals surface area contributed by atoms with Gasteiger partial charge >= 0.3 is 0 Å². The number of nitrogens with one attached hydrogen (secondary N) is 1. The zero-order valence-corrected chi connectivity index (χ0v) is 15.2. The van der Waals surface area contributed by atoms with Crippen molar-refractivity contribution in [2.75, 3.05) is 19.6 Å². The van der Waals surface area contributed by atoms with Gasteiger partial charge in [0, 0.05) is 12.1 Å². The maximum atomic E-state index is 12.8. The van der Waals surface area contributed by atoms with Gasteiger partial charge in [0.1, 0.15) is 12.7 Å². The van der Waals surface area contributed by atoms with Crippen molar-refractivity contribution in [3.63, 3.8) is 0 Å². The normalized spacial score (nSPS) is 15.6. The molecule has 1 aromatic heterocycles. The lowest BCUT2D eigenvalue weighted by atomic mass is 10.1. The number of hydrogen-bond donors (Lipinski definition) is 1. The lowest BCUT2D eigenvalue weighted by molar-refractivity contribution is 0.0927. The van der Waals surface area contributed by atoms with Gasteiger partial charge in [0.25, 0.3) is 5.91 Å². The maximum absolute atomic E-state index is 12.8. The molecule has 6 heteroatoms. The summed E-state index contributed by atoms with van der Waals surface area (Å²) in [5.41, 5.74) is 2.65. The van der Waals surface area contributed by atoms with Crippen LogP contribution in [-0.2, 0) is 0 Å². The first-order chi connectivity index (χ1) is 13.3. The first kappa shape index (κ1) is 17.4. The molecule has 3 aromatic rings. The fourth-order valence-corrected chi connectivity index (χ4v) is 3.49. The molecule has 0 spiro atoms. The van der Waals surface area contributed by atoms with Crippen LogP contribution in [0.2, 0.25) is 0 Å². The standard InChI is InChI=1S/C21H23N5O/c27-21(18-8-10-19(11-9-18)26-16-22-15-23-26)24-20(14-25-12-4-5-13-25)17-6-2-1-3-7-17/h1-3,6-11,15-16,20H,4-5,12-14H2,(H,24,27). The molecule has 0 bridgehead atoms. The van der Waals surface area contributed by atoms with Gasteiger partial charge in [0.2, 0.25) is 0 Å². The van der Waals surface area contributed by atoms with Crippen molar-refractivity contribution >= 4 is 5.91 Å². The molecule has 1 fully saturated rings. The van der Waals surface area contributed by atoms with Crippen LogP contribution >= 0.6 is 0 Å². The monoisotopic (exact) mass is 361 g/mol. The summed E-state index contributed by atoms with van der Waals surface area (Å²) in [6, 6.07) is 17.6. The molecule has 1 amide bonds. The Labute approximate surface area is 158 Å². The molecule has 1 unspecified atom stereocenters. The first-order valence-electron chi connectivity index (χ1n) is 9.33. The minimum atomic E-state index is -0.0619. The van der Waals surface area contributed by atoms with Gasteiger partial charge in [-0.1, -0.05) is 30.3 Å². The van der Waals surface area contributed by atoms with E-state index in [0.29, 0.717) is 5.56 Å². The van der Waals surface area contributed by atoms with E-state index in [1.54, 1.807) is 11.0 Å². The van der Waals surface area contributed by atoms with Crippen molar-refractivity contribution < 1.29 is 4.79 Å². The number of rotatable bonds is 6. The van der Waals surface area contributed by atoms with Crippen molar-refractivity contribution in [3.05, 3.63) is 78.4 Å². The Kier molecular flexibility index (Phi) is 5.25. The summed E-state index contributed by atoms with van der Waals surface area (Å²) in [5.74, 6) is -0.0619. The predicted molar refractivity (Wildman–Crippen MR) is 104 cm³/mol. The molecular formula is C21H23N5O. The molecule has 0 saturated carbocycles. The number of carbonyl (C=O) groups excluding carboxylic acids is 1. The topological polar surface area (TPSA) is 63.1 Å². The molecule has 0 radical (unpaired) electrons. The second-order valence-corrected chi connectivity index (χ2v) is 6.83. The van der Waals surface area contributed by atoms with E-state index in [9.17, 15) is 4.79 Å². The van der Waals surface area contributed by atoms with E-state index in [1.807, 2.05) is 42.5 Å². The second kappa shape index (κ2) is 8.14. The molecule has 2 heterocycles. The minimum absolute atomic E-state index is 0.0215. The van der Waals surface area contributed by atoms with E-state index in [1.165, 1.54) is 19.2 Å². The minimum Gasteiger partial charge on any atom is -0.344 e. The van der Waals surface area contributed by atoms with Crippen molar-refractivity contribution in [2.45, 2.75) is 18.9 Å². The van der Waals surface area contributed by atoms with E-state index in [0.717, 1.165) is 30.9 Å². The number of hydrogen-bond acceptors (Lipinski definition) is 4. The summed E-state index contributed by atoms with van der Waals surface area (Å²) in [6.07, 6.45) is 5.60. The number of benzene rings is 2. The zero-order chi connectivity index (χ0) is 18.5. The van der Waals surface area contributed by atoms with Crippen molar-refractivity contribution in [1.29, 1.82) is 0 Å². The Hall–Kier alpha value is -2.99. The molecule has 1 N–H and O–H groups in total. The second-order valence-electron chi connectivity index (χ2n) is 6.83. The van der Waals surface area contributed by atoms with Crippen molar-refractivity contribution in [1.82, 2.24) is 25.0 Å². The van der Waals surface area contributed by atoms with Crippen LogP contribution in [0.15, 0.2) is 67.3 Å². The third-order valence-corrected chi connectivity index (χ3v) is 4.96. The highest BCUT2D eigenvalue weighted by Gasteiger charge is 2.21. The molecule has 138 valence electrons. The van der Waals surface area contributed by atoms with Crippen LogP contribution in [0.25, 0.3) is 5.69 Å². The van der Waals surface area contributed by atoms with Gasteiger partial charge in [-0.3, -0.25) is 4.79 Å². The van der Waals surface area contributed by atoms with E-state index in [4.69, 9.17) is 0 Å². The predicted octanol–water partition coefficient (Wildman–Crippen LogP) is 2.83. The SMILES string of the molecule is O=C(NC(CN1CCCC1)c1ccccc1)c1ccc(-n2cncn2)cc1. The van der Waals surface area contributed by atoms with Crippen LogP contribution < -0.4 is 5.32 Å². The lowest BCUT2D eigenvalue weighted by Crippen LogP contribution is -2.37. The van der Waals surface area contributed by atoms with Gasteiger partial charge < -0.3 is 10.2 Å². The highest BCUT2D eigenvalue weighted by molar-refractivity contribution is 5.94. The Balaban J connectivity index is 1.49. The maximum Gasteiger partial charge on any atom is 0.251 e. The highest BCUT2D eigenvalue weighted by atomic mass is 16.1. The Morgan fingerprint density at radius 1 is 1.04 bits per heavy atom. The number of aromatic nitrogens is 3. The summed E-state index contributed by atoms with van der Waals surface area (Å²) < 4.78 is 1.67. The molecule has 2 aromatic carbocycles. The van der Waals surface area contributed by atoms with E-state index >= 15 is 0 Å². The Morgan fingerprint density at radius 3 is 2.44 bits per heavy atom. The van der Waals surface area contributed by atoms with Gasteiger partial charge in [0.15, 0.2) is 0 Å². The molecule has 0 aliphatic carbocycles. The van der Waals surface area contributed by atoms with Gasteiger partial charge in [-0.25, -0.2) is 9.67 Å². The van der Waals surface area contributed by atoms with Crippen molar-refractivity contribution in [3.8, 4) is 5.69 Å². The van der Waals surface area contributed by atoms with E-state index in [2.05, 4.69) is 32.4 Å². The average molecular weight is 361 g/mol. The third kappa shape index (κ3) is 4.23. The number of amides is 1. The van der Waals surface area contributed by atoms with Crippen LogP contribution in [0.3, 0.4) is 0 Å². The first-order valence-corrected chi connectivity index (χ1v) is 9.33. The van der Waals surface area contributed by atoms with Gasteiger partial charge in [-0.05, 0) is 55.8 Å². The summed E-state index contributed by atoms with van der Waals surface area (Å²) in [4.78, 5) is 19.2. The van der Waals surface area contributed by atoms with Crippen molar-refractivity contribution in [2.24, 2.45) is 0 Å². The van der Waals surface area contributed by atoms with Crippen LogP contribution in [0.4, 0.5) is 0 Å². The van der Waals surface area contributed by atoms with Gasteiger partial charge in [-0.2, -0.15) is 5.10 Å².